The van der Waals surface area contributed by atoms with Crippen LogP contribution in [0.15, 0.2) is 46.1 Å². The number of aromatic amines is 1. The van der Waals surface area contributed by atoms with Gasteiger partial charge in [-0.2, -0.15) is 0 Å². The van der Waals surface area contributed by atoms with Gasteiger partial charge in [-0.05, 0) is 25.0 Å². The molecule has 1 aliphatic heterocycles. The molecule has 0 saturated carbocycles. The summed E-state index contributed by atoms with van der Waals surface area (Å²) in [6.07, 6.45) is 3.44. The van der Waals surface area contributed by atoms with Crippen molar-refractivity contribution in [2.75, 3.05) is 18.5 Å². The maximum absolute atomic E-state index is 12.1. The summed E-state index contributed by atoms with van der Waals surface area (Å²) >= 11 is 0. The summed E-state index contributed by atoms with van der Waals surface area (Å²) in [5, 5.41) is 2.70. The van der Waals surface area contributed by atoms with Crippen molar-refractivity contribution in [2.45, 2.75) is 25.5 Å². The number of hydrogen-bond acceptors (Lipinski definition) is 5. The largest absolute Gasteiger partial charge is 0.491 e. The van der Waals surface area contributed by atoms with Gasteiger partial charge < -0.3 is 14.8 Å². The summed E-state index contributed by atoms with van der Waals surface area (Å²) in [6, 6.07) is 8.20. The van der Waals surface area contributed by atoms with E-state index in [1.54, 1.807) is 24.3 Å². The van der Waals surface area contributed by atoms with Gasteiger partial charge in [0.05, 0.1) is 6.10 Å². The molecule has 8 nitrogen and oxygen atoms in total. The first-order valence-electron chi connectivity index (χ1n) is 8.04. The van der Waals surface area contributed by atoms with Gasteiger partial charge in [0.15, 0.2) is 0 Å². The number of H-pyrrole nitrogens is 1. The zero-order chi connectivity index (χ0) is 17.6. The Bertz CT molecular complexity index is 852. The van der Waals surface area contributed by atoms with E-state index in [1.807, 2.05) is 0 Å². The summed E-state index contributed by atoms with van der Waals surface area (Å²) in [5.74, 6) is 0.250. The third kappa shape index (κ3) is 4.80. The van der Waals surface area contributed by atoms with E-state index in [9.17, 15) is 14.4 Å². The monoisotopic (exact) mass is 345 g/mol. The van der Waals surface area contributed by atoms with Crippen molar-refractivity contribution < 1.29 is 14.3 Å². The number of benzene rings is 1. The lowest BCUT2D eigenvalue weighted by Gasteiger charge is -2.12. The summed E-state index contributed by atoms with van der Waals surface area (Å²) < 4.78 is 12.3. The second kappa shape index (κ2) is 7.80. The minimum Gasteiger partial charge on any atom is -0.491 e. The molecule has 1 fully saturated rings. The van der Waals surface area contributed by atoms with Crippen LogP contribution >= 0.6 is 0 Å². The van der Waals surface area contributed by atoms with Gasteiger partial charge in [0.25, 0.3) is 5.56 Å². The van der Waals surface area contributed by atoms with E-state index in [2.05, 4.69) is 10.3 Å². The van der Waals surface area contributed by atoms with Gasteiger partial charge in [-0.1, -0.05) is 6.07 Å². The number of nitrogens with one attached hydrogen (secondary N) is 2. The Morgan fingerprint density at radius 2 is 2.24 bits per heavy atom. The molecule has 25 heavy (non-hydrogen) atoms. The maximum Gasteiger partial charge on any atom is 0.328 e. The second-order valence-electron chi connectivity index (χ2n) is 5.76. The van der Waals surface area contributed by atoms with Gasteiger partial charge in [-0.15, -0.1) is 0 Å². The fourth-order valence-corrected chi connectivity index (χ4v) is 2.55. The molecule has 2 N–H and O–H groups in total. The van der Waals surface area contributed by atoms with E-state index < -0.39 is 11.2 Å². The molecule has 2 aromatic rings. The molecule has 0 aliphatic carbocycles. The summed E-state index contributed by atoms with van der Waals surface area (Å²) in [7, 11) is 0. The van der Waals surface area contributed by atoms with Gasteiger partial charge >= 0.3 is 5.69 Å². The van der Waals surface area contributed by atoms with Gasteiger partial charge in [-0.25, -0.2) is 4.79 Å². The molecule has 0 radical (unpaired) electrons. The van der Waals surface area contributed by atoms with E-state index in [0.717, 1.165) is 24.0 Å². The molecule has 1 saturated heterocycles. The average Bonchev–Trinajstić information content (AvgIpc) is 3.09. The molecule has 132 valence electrons. The smallest absolute Gasteiger partial charge is 0.328 e. The Balaban J connectivity index is 1.58. The molecule has 2 heterocycles. The number of hydrogen-bond donors (Lipinski definition) is 2. The van der Waals surface area contributed by atoms with Crippen molar-refractivity contribution in [3.05, 3.63) is 57.4 Å². The van der Waals surface area contributed by atoms with Crippen molar-refractivity contribution in [1.82, 2.24) is 9.55 Å². The zero-order valence-corrected chi connectivity index (χ0v) is 13.6. The quantitative estimate of drug-likeness (QED) is 0.804. The molecule has 1 atom stereocenters. The van der Waals surface area contributed by atoms with Crippen LogP contribution < -0.4 is 21.3 Å². The Morgan fingerprint density at radius 1 is 1.36 bits per heavy atom. The first-order chi connectivity index (χ1) is 12.1. The molecular formula is C17H19N3O5. The van der Waals surface area contributed by atoms with Crippen LogP contribution in [0.5, 0.6) is 5.75 Å². The highest BCUT2D eigenvalue weighted by molar-refractivity contribution is 5.90. The zero-order valence-electron chi connectivity index (χ0n) is 13.6. The number of rotatable bonds is 6. The van der Waals surface area contributed by atoms with E-state index in [-0.39, 0.29) is 18.6 Å². The van der Waals surface area contributed by atoms with Gasteiger partial charge in [0.1, 0.15) is 18.9 Å². The summed E-state index contributed by atoms with van der Waals surface area (Å²) in [4.78, 5) is 36.8. The predicted molar refractivity (Wildman–Crippen MR) is 90.9 cm³/mol. The third-order valence-corrected chi connectivity index (χ3v) is 3.79. The number of carbonyl (C=O) groups is 1. The Kier molecular flexibility index (Phi) is 5.30. The number of amides is 1. The Hall–Kier alpha value is -2.87. The summed E-state index contributed by atoms with van der Waals surface area (Å²) in [5.41, 5.74) is -0.568. The molecule has 1 aromatic carbocycles. The van der Waals surface area contributed by atoms with Crippen molar-refractivity contribution in [1.29, 1.82) is 0 Å². The molecule has 3 rings (SSSR count). The SMILES string of the molecule is O=C(Cn1ccc(=O)[nH]c1=O)Nc1cccc(OCC2CCCO2)c1. The molecular weight excluding hydrogens is 326 g/mol. The number of carbonyl (C=O) groups excluding carboxylic acids is 1. The molecule has 1 aliphatic rings. The molecule has 1 aromatic heterocycles. The Morgan fingerprint density at radius 3 is 3.00 bits per heavy atom. The van der Waals surface area contributed by atoms with Gasteiger partial charge in [-0.3, -0.25) is 19.1 Å². The first-order valence-corrected chi connectivity index (χ1v) is 8.04. The van der Waals surface area contributed by atoms with Crippen molar-refractivity contribution in [3.8, 4) is 5.75 Å². The minimum atomic E-state index is -0.628. The number of aromatic nitrogens is 2. The molecule has 1 unspecified atom stereocenters. The second-order valence-corrected chi connectivity index (χ2v) is 5.76. The van der Waals surface area contributed by atoms with E-state index >= 15 is 0 Å². The summed E-state index contributed by atoms with van der Waals surface area (Å²) in [6.45, 7) is 1.05. The van der Waals surface area contributed by atoms with E-state index in [0.29, 0.717) is 18.0 Å². The van der Waals surface area contributed by atoms with Crippen molar-refractivity contribution >= 4 is 11.6 Å². The maximum atomic E-state index is 12.1. The van der Waals surface area contributed by atoms with Crippen LogP contribution in [0.1, 0.15) is 12.8 Å². The molecule has 0 spiro atoms. The number of anilines is 1. The van der Waals surface area contributed by atoms with Gasteiger partial charge in [0, 0.05) is 30.6 Å². The highest BCUT2D eigenvalue weighted by atomic mass is 16.5. The van der Waals surface area contributed by atoms with Crippen LogP contribution in [0.2, 0.25) is 0 Å². The fourth-order valence-electron chi connectivity index (χ4n) is 2.55. The standard InChI is InChI=1S/C17H19N3O5/c21-15-6-7-20(17(23)19-15)10-16(22)18-12-3-1-4-13(9-12)25-11-14-5-2-8-24-14/h1,3-4,6-7,9,14H,2,5,8,10-11H2,(H,18,22)(H,19,21,23). The lowest BCUT2D eigenvalue weighted by Crippen LogP contribution is -2.32. The van der Waals surface area contributed by atoms with Gasteiger partial charge in [0.2, 0.25) is 5.91 Å². The highest BCUT2D eigenvalue weighted by Gasteiger charge is 2.16. The average molecular weight is 345 g/mol. The van der Waals surface area contributed by atoms with Crippen LogP contribution in [-0.4, -0.2) is 34.8 Å². The minimum absolute atomic E-state index is 0.116. The van der Waals surface area contributed by atoms with Crippen molar-refractivity contribution in [2.24, 2.45) is 0 Å². The van der Waals surface area contributed by atoms with Crippen LogP contribution in [0.3, 0.4) is 0 Å². The number of ether oxygens (including phenoxy) is 2. The van der Waals surface area contributed by atoms with Crippen LogP contribution in [0.4, 0.5) is 5.69 Å². The molecule has 1 amide bonds. The molecule has 0 bridgehead atoms. The topological polar surface area (TPSA) is 102 Å². The van der Waals surface area contributed by atoms with E-state index in [4.69, 9.17) is 9.47 Å². The lowest BCUT2D eigenvalue weighted by atomic mass is 10.2. The highest BCUT2D eigenvalue weighted by Crippen LogP contribution is 2.19. The predicted octanol–water partition coefficient (Wildman–Crippen LogP) is 0.733. The van der Waals surface area contributed by atoms with Crippen molar-refractivity contribution in [3.63, 3.8) is 0 Å². The normalized spacial score (nSPS) is 16.6. The number of nitrogens with zero attached hydrogens (tertiary/aromatic N) is 1. The molecule has 8 heteroatoms. The van der Waals surface area contributed by atoms with Crippen LogP contribution in [0.25, 0.3) is 0 Å². The lowest BCUT2D eigenvalue weighted by molar-refractivity contribution is -0.116. The van der Waals surface area contributed by atoms with Crippen LogP contribution in [-0.2, 0) is 16.1 Å². The first kappa shape index (κ1) is 17.0. The van der Waals surface area contributed by atoms with Crippen LogP contribution in [0, 0.1) is 0 Å². The Labute approximate surface area is 143 Å². The fraction of sp³-hybridized carbons (Fsp3) is 0.353. The third-order valence-electron chi connectivity index (χ3n) is 3.79. The van der Waals surface area contributed by atoms with E-state index in [1.165, 1.54) is 12.3 Å².